The molecule has 0 unspecified atom stereocenters. The molecule has 0 atom stereocenters. The highest BCUT2D eigenvalue weighted by atomic mass is 16.5. The molecule has 0 spiro atoms. The number of hydrogen-bond acceptors (Lipinski definition) is 4. The SMILES string of the molecule is CCNC(=NCC1(CCOCC)CCCC1)NCC1(N2CCCCC2)CCN(C)CC1. The van der Waals surface area contributed by atoms with E-state index in [1.165, 1.54) is 84.0 Å². The van der Waals surface area contributed by atoms with Crippen molar-refractivity contribution in [2.45, 2.75) is 83.6 Å². The maximum atomic E-state index is 5.70. The fraction of sp³-hybridized carbons (Fsp3) is 0.960. The highest BCUT2D eigenvalue weighted by molar-refractivity contribution is 5.79. The number of likely N-dealkylation sites (tertiary alicyclic amines) is 2. The Kier molecular flexibility index (Phi) is 9.92. The lowest BCUT2D eigenvalue weighted by Crippen LogP contribution is -2.62. The molecule has 1 aliphatic carbocycles. The van der Waals surface area contributed by atoms with Gasteiger partial charge in [0.15, 0.2) is 5.96 Å². The molecule has 0 amide bonds. The largest absolute Gasteiger partial charge is 0.382 e. The first-order chi connectivity index (χ1) is 15.1. The van der Waals surface area contributed by atoms with Crippen LogP contribution in [-0.4, -0.2) is 87.4 Å². The summed E-state index contributed by atoms with van der Waals surface area (Å²) in [4.78, 5) is 10.4. The highest BCUT2D eigenvalue weighted by Crippen LogP contribution is 2.41. The van der Waals surface area contributed by atoms with Gasteiger partial charge >= 0.3 is 0 Å². The van der Waals surface area contributed by atoms with Crippen molar-refractivity contribution in [1.82, 2.24) is 20.4 Å². The summed E-state index contributed by atoms with van der Waals surface area (Å²) in [6.45, 7) is 13.7. The summed E-state index contributed by atoms with van der Waals surface area (Å²) in [5.41, 5.74) is 0.624. The monoisotopic (exact) mass is 435 g/mol. The molecule has 1 saturated carbocycles. The highest BCUT2D eigenvalue weighted by Gasteiger charge is 2.40. The van der Waals surface area contributed by atoms with Crippen LogP contribution in [0, 0.1) is 5.41 Å². The standard InChI is InChI=1S/C25H49N5O/c1-4-26-23(27-21-24(11-7-8-12-24)15-20-31-5-2)28-22-25(13-18-29(3)19-14-25)30-16-9-6-10-17-30/h4-22H2,1-3H3,(H2,26,27,28). The summed E-state index contributed by atoms with van der Waals surface area (Å²) in [7, 11) is 2.27. The van der Waals surface area contributed by atoms with Gasteiger partial charge in [0.1, 0.15) is 0 Å². The van der Waals surface area contributed by atoms with Crippen molar-refractivity contribution in [3.8, 4) is 0 Å². The molecule has 180 valence electrons. The number of nitrogens with zero attached hydrogens (tertiary/aromatic N) is 3. The van der Waals surface area contributed by atoms with Gasteiger partial charge in [-0.2, -0.15) is 0 Å². The number of hydrogen-bond donors (Lipinski definition) is 2. The van der Waals surface area contributed by atoms with Gasteiger partial charge in [-0.25, -0.2) is 0 Å². The second kappa shape index (κ2) is 12.4. The minimum absolute atomic E-state index is 0.281. The molecular formula is C25H49N5O. The quantitative estimate of drug-likeness (QED) is 0.313. The van der Waals surface area contributed by atoms with Crippen molar-refractivity contribution in [2.75, 3.05) is 66.1 Å². The first kappa shape index (κ1) is 24.8. The van der Waals surface area contributed by atoms with Crippen LogP contribution < -0.4 is 10.6 Å². The Morgan fingerprint density at radius 3 is 2.26 bits per heavy atom. The first-order valence-corrected chi connectivity index (χ1v) is 13.1. The van der Waals surface area contributed by atoms with Gasteiger partial charge in [-0.05, 0) is 97.4 Å². The maximum Gasteiger partial charge on any atom is 0.191 e. The average Bonchev–Trinajstić information content (AvgIpc) is 3.27. The van der Waals surface area contributed by atoms with E-state index in [9.17, 15) is 0 Å². The summed E-state index contributed by atoms with van der Waals surface area (Å²) in [6, 6.07) is 0. The molecule has 0 aromatic rings. The molecule has 2 N–H and O–H groups in total. The lowest BCUT2D eigenvalue weighted by molar-refractivity contribution is 0.0173. The van der Waals surface area contributed by atoms with Crippen molar-refractivity contribution < 1.29 is 4.74 Å². The molecule has 0 aromatic heterocycles. The van der Waals surface area contributed by atoms with Crippen molar-refractivity contribution in [3.05, 3.63) is 0 Å². The summed E-state index contributed by atoms with van der Waals surface area (Å²) < 4.78 is 5.70. The lowest BCUT2D eigenvalue weighted by Gasteiger charge is -2.50. The van der Waals surface area contributed by atoms with E-state index >= 15 is 0 Å². The van der Waals surface area contributed by atoms with E-state index in [2.05, 4.69) is 41.3 Å². The summed E-state index contributed by atoms with van der Waals surface area (Å²) in [5.74, 6) is 1.01. The Morgan fingerprint density at radius 2 is 1.61 bits per heavy atom. The number of piperidine rings is 2. The van der Waals surface area contributed by atoms with Crippen molar-refractivity contribution in [1.29, 1.82) is 0 Å². The summed E-state index contributed by atoms with van der Waals surface area (Å²) in [6.07, 6.45) is 13.1. The average molecular weight is 436 g/mol. The zero-order chi connectivity index (χ0) is 22.0. The topological polar surface area (TPSA) is 52.1 Å². The molecule has 6 nitrogen and oxygen atoms in total. The van der Waals surface area contributed by atoms with Gasteiger partial charge in [-0.1, -0.05) is 19.3 Å². The zero-order valence-corrected chi connectivity index (χ0v) is 20.7. The van der Waals surface area contributed by atoms with Crippen molar-refractivity contribution >= 4 is 5.96 Å². The van der Waals surface area contributed by atoms with Crippen LogP contribution in [-0.2, 0) is 4.74 Å². The second-order valence-electron chi connectivity index (χ2n) is 10.3. The van der Waals surface area contributed by atoms with Gasteiger partial charge in [0, 0.05) is 38.4 Å². The Bertz CT molecular complexity index is 532. The molecule has 3 aliphatic rings. The van der Waals surface area contributed by atoms with Crippen LogP contribution in [0.1, 0.15) is 78.1 Å². The van der Waals surface area contributed by atoms with Crippen LogP contribution in [0.3, 0.4) is 0 Å². The molecule has 0 bridgehead atoms. The van der Waals surface area contributed by atoms with E-state index in [4.69, 9.17) is 9.73 Å². The first-order valence-electron chi connectivity index (χ1n) is 13.1. The minimum atomic E-state index is 0.281. The fourth-order valence-corrected chi connectivity index (χ4v) is 5.89. The minimum Gasteiger partial charge on any atom is -0.382 e. The van der Waals surface area contributed by atoms with Gasteiger partial charge in [0.25, 0.3) is 0 Å². The molecule has 3 fully saturated rings. The lowest BCUT2D eigenvalue weighted by atomic mass is 9.83. The van der Waals surface area contributed by atoms with E-state index in [1.807, 2.05) is 0 Å². The Morgan fingerprint density at radius 1 is 0.903 bits per heavy atom. The molecule has 31 heavy (non-hydrogen) atoms. The van der Waals surface area contributed by atoms with Crippen LogP contribution in [0.2, 0.25) is 0 Å². The third-order valence-corrected chi connectivity index (χ3v) is 8.09. The van der Waals surface area contributed by atoms with Gasteiger partial charge in [0.2, 0.25) is 0 Å². The number of ether oxygens (including phenoxy) is 1. The zero-order valence-electron chi connectivity index (χ0n) is 20.7. The van der Waals surface area contributed by atoms with Crippen LogP contribution >= 0.6 is 0 Å². The van der Waals surface area contributed by atoms with Gasteiger partial charge in [-0.3, -0.25) is 9.89 Å². The van der Waals surface area contributed by atoms with Gasteiger partial charge < -0.3 is 20.3 Å². The van der Waals surface area contributed by atoms with E-state index in [0.29, 0.717) is 5.41 Å². The Hall–Kier alpha value is -0.850. The number of aliphatic imine (C=N–C) groups is 1. The van der Waals surface area contributed by atoms with Crippen LogP contribution in [0.5, 0.6) is 0 Å². The molecule has 2 heterocycles. The van der Waals surface area contributed by atoms with Crippen LogP contribution in [0.15, 0.2) is 4.99 Å². The molecule has 6 heteroatoms. The molecule has 0 aromatic carbocycles. The normalized spacial score (nSPS) is 24.9. The molecule has 3 rings (SSSR count). The van der Waals surface area contributed by atoms with E-state index in [-0.39, 0.29) is 5.54 Å². The van der Waals surface area contributed by atoms with E-state index < -0.39 is 0 Å². The smallest absolute Gasteiger partial charge is 0.191 e. The van der Waals surface area contributed by atoms with Gasteiger partial charge in [0.05, 0.1) is 0 Å². The van der Waals surface area contributed by atoms with Crippen LogP contribution in [0.4, 0.5) is 0 Å². The second-order valence-corrected chi connectivity index (χ2v) is 10.3. The van der Waals surface area contributed by atoms with E-state index in [0.717, 1.165) is 45.2 Å². The maximum absolute atomic E-state index is 5.70. The Labute approximate surface area is 191 Å². The van der Waals surface area contributed by atoms with E-state index in [1.54, 1.807) is 0 Å². The van der Waals surface area contributed by atoms with Crippen LogP contribution in [0.25, 0.3) is 0 Å². The molecular weight excluding hydrogens is 386 g/mol. The summed E-state index contributed by atoms with van der Waals surface area (Å²) >= 11 is 0. The molecule has 2 saturated heterocycles. The third-order valence-electron chi connectivity index (χ3n) is 8.09. The van der Waals surface area contributed by atoms with Crippen molar-refractivity contribution in [3.63, 3.8) is 0 Å². The fourth-order valence-electron chi connectivity index (χ4n) is 5.89. The third kappa shape index (κ3) is 7.06. The Balaban J connectivity index is 1.64. The number of nitrogens with one attached hydrogen (secondary N) is 2. The molecule has 0 radical (unpaired) electrons. The van der Waals surface area contributed by atoms with Crippen molar-refractivity contribution in [2.24, 2.45) is 10.4 Å². The number of rotatable bonds is 10. The number of guanidine groups is 1. The predicted octanol–water partition coefficient (Wildman–Crippen LogP) is 3.48. The summed E-state index contributed by atoms with van der Waals surface area (Å²) in [5, 5.41) is 7.34. The molecule has 2 aliphatic heterocycles. The predicted molar refractivity (Wildman–Crippen MR) is 131 cm³/mol. The van der Waals surface area contributed by atoms with Gasteiger partial charge in [-0.15, -0.1) is 0 Å².